The van der Waals surface area contributed by atoms with Gasteiger partial charge < -0.3 is 33.9 Å². The van der Waals surface area contributed by atoms with Gasteiger partial charge in [-0.1, -0.05) is 6.58 Å². The molecule has 9 nitrogen and oxygen atoms in total. The molecule has 3 fully saturated rings. The Kier molecular flexibility index (Phi) is 5.24. The normalized spacial score (nSPS) is 35.8. The summed E-state index contributed by atoms with van der Waals surface area (Å²) < 4.78 is 29.6. The Balaban J connectivity index is 1.83. The van der Waals surface area contributed by atoms with Crippen LogP contribution in [0.2, 0.25) is 0 Å². The Bertz CT molecular complexity index is 659. The van der Waals surface area contributed by atoms with Crippen molar-refractivity contribution in [2.45, 2.75) is 83.1 Å². The lowest BCUT2D eigenvalue weighted by Gasteiger charge is -2.44. The third-order valence-electron chi connectivity index (χ3n) is 4.92. The molecular weight excluding hydrogens is 368 g/mol. The monoisotopic (exact) mass is 398 g/mol. The van der Waals surface area contributed by atoms with Crippen LogP contribution in [0.15, 0.2) is 12.8 Å². The maximum absolute atomic E-state index is 12.1. The SMILES string of the molecule is C=CN(C(C)=O)[C@H]1C2OC[C@](CNC(=O)OC(C)(C)C)(O2)[C@@H]2OC(C)(C)O[C@@H]21. The largest absolute Gasteiger partial charge is 0.444 e. The first-order valence-electron chi connectivity index (χ1n) is 9.41. The zero-order valence-electron chi connectivity index (χ0n) is 17.3. The molecule has 1 unspecified atom stereocenters. The van der Waals surface area contributed by atoms with E-state index in [1.54, 1.807) is 34.6 Å². The van der Waals surface area contributed by atoms with Crippen molar-refractivity contribution in [1.29, 1.82) is 0 Å². The van der Waals surface area contributed by atoms with Gasteiger partial charge in [-0.2, -0.15) is 0 Å². The molecule has 0 radical (unpaired) electrons. The summed E-state index contributed by atoms with van der Waals surface area (Å²) >= 11 is 0. The highest BCUT2D eigenvalue weighted by Gasteiger charge is 2.67. The second-order valence-corrected chi connectivity index (χ2v) is 8.84. The number of ether oxygens (including phenoxy) is 5. The number of rotatable bonds is 4. The van der Waals surface area contributed by atoms with E-state index in [1.807, 2.05) is 0 Å². The number of carbonyl (C=O) groups is 2. The van der Waals surface area contributed by atoms with Crippen LogP contribution in [0.3, 0.4) is 0 Å². The van der Waals surface area contributed by atoms with Gasteiger partial charge in [-0.25, -0.2) is 4.79 Å². The molecule has 5 atom stereocenters. The third-order valence-corrected chi connectivity index (χ3v) is 4.92. The average molecular weight is 398 g/mol. The maximum Gasteiger partial charge on any atom is 0.407 e. The summed E-state index contributed by atoms with van der Waals surface area (Å²) in [5.41, 5.74) is -1.56. The van der Waals surface area contributed by atoms with Gasteiger partial charge in [0, 0.05) is 13.1 Å². The standard InChI is InChI=1S/C19H30N2O7/c1-8-21(11(2)22)12-13-14(26-18(6,7)25-13)19(10-24-15(12)27-19)9-20-16(23)28-17(3,4)5/h8,12-15H,1,9-10H2,2-7H3,(H,20,23)/t12-,13-,14-,15?,19+/m1/s1. The topological polar surface area (TPSA) is 95.6 Å². The molecule has 9 heteroatoms. The number of alkyl carbamates (subject to hydrolysis) is 1. The average Bonchev–Trinajstić information content (AvgIpc) is 3.08. The Morgan fingerprint density at radius 2 is 1.96 bits per heavy atom. The molecule has 3 aliphatic rings. The number of nitrogens with one attached hydrogen (secondary N) is 1. The van der Waals surface area contributed by atoms with E-state index < -0.39 is 47.6 Å². The Morgan fingerprint density at radius 1 is 1.29 bits per heavy atom. The lowest BCUT2D eigenvalue weighted by molar-refractivity contribution is -0.209. The third kappa shape index (κ3) is 3.89. The summed E-state index contributed by atoms with van der Waals surface area (Å²) in [6.07, 6.45) is -0.889. The molecular formula is C19H30N2O7. The number of amides is 2. The molecule has 0 aromatic heterocycles. The van der Waals surface area contributed by atoms with Crippen molar-refractivity contribution in [3.63, 3.8) is 0 Å². The minimum absolute atomic E-state index is 0.125. The molecule has 0 aromatic rings. The zero-order chi connectivity index (χ0) is 20.9. The molecule has 2 amide bonds. The molecule has 2 bridgehead atoms. The van der Waals surface area contributed by atoms with Crippen LogP contribution in [0.1, 0.15) is 41.5 Å². The highest BCUT2D eigenvalue weighted by Crippen LogP contribution is 2.47. The van der Waals surface area contributed by atoms with Crippen LogP contribution in [-0.2, 0) is 28.5 Å². The van der Waals surface area contributed by atoms with Crippen molar-refractivity contribution in [3.8, 4) is 0 Å². The first-order valence-corrected chi connectivity index (χ1v) is 9.41. The Morgan fingerprint density at radius 3 is 2.54 bits per heavy atom. The second kappa shape index (κ2) is 6.98. The van der Waals surface area contributed by atoms with Crippen molar-refractivity contribution in [2.75, 3.05) is 13.2 Å². The number of fused-ring (bicyclic) bond motifs is 4. The molecule has 1 N–H and O–H groups in total. The summed E-state index contributed by atoms with van der Waals surface area (Å²) in [5, 5.41) is 2.75. The minimum atomic E-state index is -0.944. The lowest BCUT2D eigenvalue weighted by atomic mass is 9.87. The Hall–Kier alpha value is -1.68. The molecule has 3 rings (SSSR count). The van der Waals surface area contributed by atoms with E-state index in [4.69, 9.17) is 23.7 Å². The molecule has 0 aliphatic carbocycles. The molecule has 158 valence electrons. The van der Waals surface area contributed by atoms with Crippen LogP contribution in [0.25, 0.3) is 0 Å². The number of carbonyl (C=O) groups excluding carboxylic acids is 2. The van der Waals surface area contributed by atoms with Crippen molar-refractivity contribution in [1.82, 2.24) is 10.2 Å². The van der Waals surface area contributed by atoms with E-state index >= 15 is 0 Å². The summed E-state index contributed by atoms with van der Waals surface area (Å²) in [5.74, 6) is -1.07. The van der Waals surface area contributed by atoms with Crippen LogP contribution in [-0.4, -0.2) is 71.6 Å². The Labute approximate surface area is 165 Å². The molecule has 3 aliphatic heterocycles. The van der Waals surface area contributed by atoms with E-state index in [9.17, 15) is 9.59 Å². The van der Waals surface area contributed by atoms with Gasteiger partial charge in [-0.05, 0) is 34.6 Å². The van der Waals surface area contributed by atoms with E-state index in [-0.39, 0.29) is 19.1 Å². The van der Waals surface area contributed by atoms with E-state index in [0.717, 1.165) is 0 Å². The van der Waals surface area contributed by atoms with Crippen LogP contribution >= 0.6 is 0 Å². The van der Waals surface area contributed by atoms with Gasteiger partial charge in [0.15, 0.2) is 12.1 Å². The molecule has 0 saturated carbocycles. The second-order valence-electron chi connectivity index (χ2n) is 8.84. The fourth-order valence-corrected chi connectivity index (χ4v) is 3.92. The van der Waals surface area contributed by atoms with Gasteiger partial charge in [0.1, 0.15) is 29.5 Å². The fraction of sp³-hybridized carbons (Fsp3) is 0.789. The predicted molar refractivity (Wildman–Crippen MR) is 98.1 cm³/mol. The summed E-state index contributed by atoms with van der Waals surface area (Å²) in [7, 11) is 0. The van der Waals surface area contributed by atoms with Crippen molar-refractivity contribution in [2.24, 2.45) is 0 Å². The highest BCUT2D eigenvalue weighted by atomic mass is 16.8. The quantitative estimate of drug-likeness (QED) is 0.767. The highest BCUT2D eigenvalue weighted by molar-refractivity contribution is 5.75. The first-order chi connectivity index (χ1) is 12.9. The minimum Gasteiger partial charge on any atom is -0.444 e. The maximum atomic E-state index is 12.1. The number of hydrogen-bond donors (Lipinski definition) is 1. The van der Waals surface area contributed by atoms with Gasteiger partial charge >= 0.3 is 6.09 Å². The summed E-state index contributed by atoms with van der Waals surface area (Å²) in [4.78, 5) is 25.7. The van der Waals surface area contributed by atoms with Gasteiger partial charge in [0.25, 0.3) is 0 Å². The number of nitrogens with zero attached hydrogens (tertiary/aromatic N) is 1. The predicted octanol–water partition coefficient (Wildman–Crippen LogP) is 1.52. The van der Waals surface area contributed by atoms with Crippen LogP contribution in [0.4, 0.5) is 4.79 Å². The van der Waals surface area contributed by atoms with Gasteiger partial charge in [-0.15, -0.1) is 0 Å². The van der Waals surface area contributed by atoms with Crippen LogP contribution in [0.5, 0.6) is 0 Å². The molecule has 28 heavy (non-hydrogen) atoms. The van der Waals surface area contributed by atoms with Crippen LogP contribution in [0, 0.1) is 0 Å². The van der Waals surface area contributed by atoms with E-state index in [2.05, 4.69) is 11.9 Å². The van der Waals surface area contributed by atoms with E-state index in [1.165, 1.54) is 18.0 Å². The molecule has 3 saturated heterocycles. The van der Waals surface area contributed by atoms with E-state index in [0.29, 0.717) is 0 Å². The molecule has 0 spiro atoms. The summed E-state index contributed by atoms with van der Waals surface area (Å²) in [6, 6.07) is -0.543. The van der Waals surface area contributed by atoms with Gasteiger partial charge in [0.2, 0.25) is 5.91 Å². The first kappa shape index (κ1) is 21.0. The smallest absolute Gasteiger partial charge is 0.407 e. The van der Waals surface area contributed by atoms with Crippen molar-refractivity contribution < 1.29 is 33.3 Å². The van der Waals surface area contributed by atoms with Crippen molar-refractivity contribution >= 4 is 12.0 Å². The summed E-state index contributed by atoms with van der Waals surface area (Å²) in [6.45, 7) is 14.5. The van der Waals surface area contributed by atoms with Gasteiger partial charge in [-0.3, -0.25) is 4.79 Å². The van der Waals surface area contributed by atoms with Crippen molar-refractivity contribution in [3.05, 3.63) is 12.8 Å². The van der Waals surface area contributed by atoms with Crippen LogP contribution < -0.4 is 5.32 Å². The lowest BCUT2D eigenvalue weighted by Crippen LogP contribution is -2.66. The molecule has 0 aromatic carbocycles. The molecule has 3 heterocycles. The number of hydrogen-bond acceptors (Lipinski definition) is 7. The fourth-order valence-electron chi connectivity index (χ4n) is 3.92. The van der Waals surface area contributed by atoms with Gasteiger partial charge in [0.05, 0.1) is 13.2 Å². The zero-order valence-corrected chi connectivity index (χ0v) is 17.3.